The van der Waals surface area contributed by atoms with Crippen LogP contribution in [0, 0.1) is 120 Å². The minimum atomic E-state index is -2.90. The Kier molecular flexibility index (Phi) is 29.4. The van der Waals surface area contributed by atoms with Gasteiger partial charge in [0.25, 0.3) is 88.1 Å². The van der Waals surface area contributed by atoms with Crippen molar-refractivity contribution in [2.75, 3.05) is 21.3 Å². The maximum Gasteiger partial charge on any atom is 0.313 e. The number of benzene rings is 3. The highest BCUT2D eigenvalue weighted by molar-refractivity contribution is 6.45. The first-order valence-electron chi connectivity index (χ1n) is 44.5. The van der Waals surface area contributed by atoms with Gasteiger partial charge in [-0.3, -0.25) is 57.5 Å². The summed E-state index contributed by atoms with van der Waals surface area (Å²) in [5.74, 6) is -10.8. The fourth-order valence-corrected chi connectivity index (χ4v) is 17.8. The minimum Gasteiger partial charge on any atom is -0.449 e. The number of amides is 8. The zero-order valence-electron chi connectivity index (χ0n) is 79.8. The lowest BCUT2D eigenvalue weighted by Crippen LogP contribution is -2.53. The molecule has 34 nitrogen and oxygen atoms in total. The van der Waals surface area contributed by atoms with Gasteiger partial charge in [-0.2, -0.15) is 26.9 Å². The molecule has 8 amide bonds. The summed E-state index contributed by atoms with van der Waals surface area (Å²) in [6.07, 6.45) is 6.40. The molecule has 9 aromatic heterocycles. The molecule has 0 bridgehead atoms. The smallest absolute Gasteiger partial charge is 0.313 e. The number of anilines is 4. The zero-order valence-corrected chi connectivity index (χ0v) is 79.8. The van der Waals surface area contributed by atoms with E-state index in [1.807, 2.05) is 0 Å². The topological polar surface area (TPSA) is 451 Å². The molecule has 4 fully saturated rings. The number of aromatic nitrogens is 10. The maximum atomic E-state index is 13.6. The molecule has 4 aliphatic carbocycles. The van der Waals surface area contributed by atoms with Crippen LogP contribution >= 0.6 is 0 Å². The molecule has 3 aromatic carbocycles. The van der Waals surface area contributed by atoms with Gasteiger partial charge in [0, 0.05) is 80.5 Å². The quantitative estimate of drug-likeness (QED) is 0.0108. The van der Waals surface area contributed by atoms with Crippen LogP contribution in [-0.4, -0.2) is 119 Å². The summed E-state index contributed by atoms with van der Waals surface area (Å²) in [5.41, 5.74) is 4.67. The van der Waals surface area contributed by atoms with Gasteiger partial charge in [-0.05, 0) is 254 Å². The summed E-state index contributed by atoms with van der Waals surface area (Å²) < 4.78 is 132. The van der Waals surface area contributed by atoms with Crippen molar-refractivity contribution in [2.45, 2.75) is 209 Å². The van der Waals surface area contributed by atoms with Gasteiger partial charge in [-0.25, -0.2) is 33.1 Å². The van der Waals surface area contributed by atoms with Gasteiger partial charge < -0.3 is 78.6 Å². The number of aryl methyl sites for hydroxylation is 6. The van der Waals surface area contributed by atoms with Gasteiger partial charge in [0.05, 0.1) is 73.5 Å². The number of nitrogens with one attached hydrogen (secondary N) is 8. The van der Waals surface area contributed by atoms with Crippen LogP contribution in [0.3, 0.4) is 0 Å². The number of pyridine rings is 1. The van der Waals surface area contributed by atoms with Crippen LogP contribution in [0.2, 0.25) is 0 Å². The molecular formula is C98H102F8N18O16. The van der Waals surface area contributed by atoms with Crippen molar-refractivity contribution in [3.63, 3.8) is 0 Å². The molecule has 4 saturated carbocycles. The predicted octanol–water partition coefficient (Wildman–Crippen LogP) is 16.1. The van der Waals surface area contributed by atoms with Gasteiger partial charge >= 0.3 is 12.9 Å². The molecule has 0 saturated heterocycles. The summed E-state index contributed by atoms with van der Waals surface area (Å²) in [6.45, 7) is 22.7. The molecule has 8 N–H and O–H groups in total. The number of nitrogens with zero attached hydrogens (tertiary/aromatic N) is 10. The van der Waals surface area contributed by atoms with E-state index in [-0.39, 0.29) is 85.2 Å². The Morgan fingerprint density at radius 1 is 0.357 bits per heavy atom. The van der Waals surface area contributed by atoms with Gasteiger partial charge in [-0.1, -0.05) is 18.0 Å². The molecule has 9 heterocycles. The fraction of sp³-hybridized carbons (Fsp3) is 0.367. The SMILES string of the molecule is Cc1cc(NC(=O)c2c(C)c(C(=O)C(=O)NC3(c4coc(C(F)F)n4)CCC3)n(C)c2C)ccc1F.Cc1cc(NC(=O)c2c(C)c(C(=O)C(=O)NC3(c4coc(C(F)F)n4)CCC3)n(C)c2C)cnc1F.Cc1nc(C2(NC(=O)C(=O)c3c(C)c(C(=O)Nc4ccc(F)c(C)c4)c(C)n3C)CCCC2)co1.Cc1noc(C2(NC(=O)C(=O)c3c(C)c(C(=O)Nc4ccc(F)c(C)c4)c(C)n3C)CC2)n1. The van der Waals surface area contributed by atoms with E-state index in [9.17, 15) is 92.7 Å². The lowest BCUT2D eigenvalue weighted by Gasteiger charge is -2.40. The standard InChI is InChI=1S/C26H29FN4O4.C25H25F3N4O4.C24H24F3N5O4.C23H24FN5O4/c1-14-12-18(8-9-19(14)27)29-24(33)21-15(2)22(31(5)16(21)3)23(32)25(34)30-26(10-6-7-11-26)20-13-35-17(4)28-20;1-12-10-15(6-7-16(12)26)29-22(34)18-13(2)19(32(4)14(18)3)20(33)23(35)31-25(8-5-9-25)17-11-36-24(30-17)21(27)28;1-11-8-14(9-28-20(11)27)29-21(34)16-12(2)17(32(4)13(16)3)18(33)22(35)31-24(6-5-7-24)15-10-36-23(30-15)19(25)26;1-11-10-15(6-7-16(11)24)26-20(31)17-12(2)18(29(5)13(17)3)19(30)21(32)27-23(8-9-23)22-25-14(4)28-33-22/h8-9,12-13H,6-7,10-11H2,1-5H3,(H,29,33)(H,30,34);6-7,10-11,21H,5,8-9H2,1-4H3,(H,29,34)(H,31,35);8-10,19H,5-7H2,1-4H3,(H,29,34)(H,31,35);6-7,10H,8-9H2,1-5H3,(H,26,31)(H,27,32). The van der Waals surface area contributed by atoms with Crippen LogP contribution in [-0.2, 0) is 69.5 Å². The number of ketones is 4. The van der Waals surface area contributed by atoms with Crippen LogP contribution in [0.1, 0.15) is 287 Å². The molecular weight excluding hydrogens is 1840 g/mol. The highest BCUT2D eigenvalue weighted by Crippen LogP contribution is 2.47. The number of halogens is 8. The van der Waals surface area contributed by atoms with Crippen molar-refractivity contribution in [1.29, 1.82) is 0 Å². The fourth-order valence-electron chi connectivity index (χ4n) is 17.8. The summed E-state index contributed by atoms with van der Waals surface area (Å²) >= 11 is 0. The first-order chi connectivity index (χ1) is 66.0. The average Bonchev–Trinajstić information content (AvgIpc) is 1.60. The Hall–Kier alpha value is -15.4. The Bertz CT molecular complexity index is 6810. The van der Waals surface area contributed by atoms with Gasteiger partial charge in [0.2, 0.25) is 5.95 Å². The van der Waals surface area contributed by atoms with E-state index in [0.717, 1.165) is 25.4 Å². The number of hydrogen-bond donors (Lipinski definition) is 8. The first-order valence-corrected chi connectivity index (χ1v) is 44.5. The van der Waals surface area contributed by atoms with E-state index in [1.165, 1.54) is 93.7 Å². The lowest BCUT2D eigenvalue weighted by molar-refractivity contribution is -0.120. The Balaban J connectivity index is 0.000000157. The third kappa shape index (κ3) is 20.3. The van der Waals surface area contributed by atoms with E-state index in [2.05, 4.69) is 72.6 Å². The van der Waals surface area contributed by atoms with E-state index in [1.54, 1.807) is 123 Å². The normalized spacial score (nSPS) is 14.4. The summed E-state index contributed by atoms with van der Waals surface area (Å²) in [7, 11) is 6.38. The number of hydrogen-bond acceptors (Lipinski definition) is 22. The molecule has 736 valence electrons. The van der Waals surface area contributed by atoms with Gasteiger partial charge in [-0.15, -0.1) is 0 Å². The second kappa shape index (κ2) is 40.3. The number of carbonyl (C=O) groups excluding carboxylic acids is 12. The minimum absolute atomic E-state index is 0.00598. The average molecular weight is 1940 g/mol. The van der Waals surface area contributed by atoms with Crippen LogP contribution in [0.15, 0.2) is 103 Å². The van der Waals surface area contributed by atoms with E-state index in [4.69, 9.17) is 17.8 Å². The number of carbonyl (C=O) groups is 12. The van der Waals surface area contributed by atoms with Crippen molar-refractivity contribution in [3.05, 3.63) is 268 Å². The number of rotatable bonds is 26. The molecule has 0 unspecified atom stereocenters. The molecule has 140 heavy (non-hydrogen) atoms. The molecule has 0 spiro atoms. The second-order valence-electron chi connectivity index (χ2n) is 35.5. The molecule has 0 aliphatic heterocycles. The first kappa shape index (κ1) is 102. The second-order valence-corrected chi connectivity index (χ2v) is 35.5. The number of Topliss-reactive ketones (excluding diaryl/α,β-unsaturated/α-hetero) is 4. The highest BCUT2D eigenvalue weighted by atomic mass is 19.3. The van der Waals surface area contributed by atoms with E-state index in [0.29, 0.717) is 160 Å². The van der Waals surface area contributed by atoms with Crippen LogP contribution < -0.4 is 42.5 Å². The van der Waals surface area contributed by atoms with Crippen LogP contribution in [0.4, 0.5) is 57.9 Å². The summed E-state index contributed by atoms with van der Waals surface area (Å²) in [6, 6.07) is 14.1. The van der Waals surface area contributed by atoms with Crippen LogP contribution in [0.5, 0.6) is 0 Å². The largest absolute Gasteiger partial charge is 0.449 e. The van der Waals surface area contributed by atoms with Crippen molar-refractivity contribution in [2.24, 2.45) is 28.2 Å². The van der Waals surface area contributed by atoms with Crippen molar-refractivity contribution in [1.82, 2.24) is 69.6 Å². The summed E-state index contributed by atoms with van der Waals surface area (Å²) in [4.78, 5) is 177. The third-order valence-corrected chi connectivity index (χ3v) is 26.3. The third-order valence-electron chi connectivity index (χ3n) is 26.3. The van der Waals surface area contributed by atoms with Crippen LogP contribution in [0.25, 0.3) is 0 Å². The molecule has 0 radical (unpaired) electrons. The molecule has 12 aromatic rings. The molecule has 16 rings (SSSR count). The number of alkyl halides is 4. The zero-order chi connectivity index (χ0) is 102. The Morgan fingerprint density at radius 3 is 0.907 bits per heavy atom. The lowest BCUT2D eigenvalue weighted by atomic mass is 9.74. The van der Waals surface area contributed by atoms with E-state index < -0.39 is 129 Å². The monoisotopic (exact) mass is 1940 g/mol. The predicted molar refractivity (Wildman–Crippen MR) is 489 cm³/mol. The molecule has 4 aliphatic rings. The summed E-state index contributed by atoms with van der Waals surface area (Å²) in [5, 5.41) is 25.5. The molecule has 42 heteroatoms. The van der Waals surface area contributed by atoms with E-state index >= 15 is 0 Å². The van der Waals surface area contributed by atoms with Crippen molar-refractivity contribution >= 4 is 93.1 Å². The Labute approximate surface area is 795 Å². The van der Waals surface area contributed by atoms with Gasteiger partial charge in [0.1, 0.15) is 58.9 Å². The Morgan fingerprint density at radius 2 is 0.650 bits per heavy atom. The van der Waals surface area contributed by atoms with Gasteiger partial charge in [0.15, 0.2) is 11.7 Å². The molecule has 0 atom stereocenters. The van der Waals surface area contributed by atoms with Crippen molar-refractivity contribution in [3.8, 4) is 0 Å². The maximum absolute atomic E-state index is 13.6. The number of oxazole rings is 3. The highest BCUT2D eigenvalue weighted by Gasteiger charge is 2.53. The van der Waals surface area contributed by atoms with Crippen molar-refractivity contribution < 1.29 is 110 Å².